The predicted octanol–water partition coefficient (Wildman–Crippen LogP) is 28.1. The van der Waals surface area contributed by atoms with Crippen LogP contribution in [0.5, 0.6) is 11.5 Å². The Balaban J connectivity index is 1.04. The van der Waals surface area contributed by atoms with Gasteiger partial charge >= 0.3 is 0 Å². The fourth-order valence-electron chi connectivity index (χ4n) is 19.0. The average molecular weight is 1260 g/mol. The van der Waals surface area contributed by atoms with E-state index in [1.807, 2.05) is 0 Å². The van der Waals surface area contributed by atoms with Crippen molar-refractivity contribution in [1.82, 2.24) is 0 Å². The third-order valence-electron chi connectivity index (χ3n) is 23.1. The van der Waals surface area contributed by atoms with Crippen LogP contribution in [0.15, 0.2) is 322 Å². The van der Waals surface area contributed by atoms with Gasteiger partial charge < -0.3 is 9.64 Å². The number of hydrogen-bond acceptors (Lipinski definition) is 2. The fraction of sp³-hybridized carbons (Fsp3) is 0. The van der Waals surface area contributed by atoms with Crippen molar-refractivity contribution in [3.8, 4) is 67.1 Å². The molecule has 0 bridgehead atoms. The van der Waals surface area contributed by atoms with Gasteiger partial charge in [-0.1, -0.05) is 297 Å². The van der Waals surface area contributed by atoms with Gasteiger partial charge in [-0.2, -0.15) is 0 Å². The van der Waals surface area contributed by atoms with E-state index in [2.05, 4.69) is 326 Å². The molecular weight excluding hydrogens is 1210 g/mol. The van der Waals surface area contributed by atoms with Gasteiger partial charge in [-0.25, -0.2) is 0 Å². The average Bonchev–Trinajstić information content (AvgIpc) is 0.681. The van der Waals surface area contributed by atoms with Gasteiger partial charge in [-0.3, -0.25) is 0 Å². The molecule has 23 aromatic rings. The molecule has 0 spiro atoms. The molecule has 24 rings (SSSR count). The second-order valence-corrected chi connectivity index (χ2v) is 27.9. The van der Waals surface area contributed by atoms with Crippen LogP contribution in [0.25, 0.3) is 217 Å². The van der Waals surface area contributed by atoms with Gasteiger partial charge in [0.2, 0.25) is 0 Å². The summed E-state index contributed by atoms with van der Waals surface area (Å²) < 4.78 is 7.25. The minimum Gasteiger partial charge on any atom is -0.453 e. The topological polar surface area (TPSA) is 12.5 Å². The highest BCUT2D eigenvalue weighted by atomic mass is 16.5. The summed E-state index contributed by atoms with van der Waals surface area (Å²) in [5, 5.41) is 37.0. The molecule has 2 nitrogen and oxygen atoms in total. The van der Waals surface area contributed by atoms with Crippen LogP contribution in [0.2, 0.25) is 0 Å². The number of para-hydroxylation sites is 4. The first-order valence-corrected chi connectivity index (χ1v) is 34.9. The van der Waals surface area contributed by atoms with E-state index in [-0.39, 0.29) is 0 Å². The number of ether oxygens (including phenoxy) is 1. The van der Waals surface area contributed by atoms with Gasteiger partial charge in [0.25, 0.3) is 0 Å². The van der Waals surface area contributed by atoms with Crippen molar-refractivity contribution in [1.29, 1.82) is 0 Å². The fourth-order valence-corrected chi connectivity index (χ4v) is 19.0. The highest BCUT2D eigenvalue weighted by molar-refractivity contribution is 6.36. The maximum Gasteiger partial charge on any atom is 0.151 e. The third-order valence-corrected chi connectivity index (χ3v) is 23.1. The van der Waals surface area contributed by atoms with Crippen molar-refractivity contribution in [2.24, 2.45) is 0 Å². The van der Waals surface area contributed by atoms with Gasteiger partial charge in [-0.15, -0.1) is 0 Å². The summed E-state index contributed by atoms with van der Waals surface area (Å²) in [6.45, 7) is 0. The van der Waals surface area contributed by atoms with Crippen LogP contribution in [0.3, 0.4) is 0 Å². The molecule has 23 aromatic carbocycles. The quantitative estimate of drug-likeness (QED) is 0.154. The lowest BCUT2D eigenvalue weighted by atomic mass is 9.73. The number of rotatable bonds is 6. The molecule has 1 aliphatic rings. The van der Waals surface area contributed by atoms with Crippen molar-refractivity contribution < 1.29 is 4.74 Å². The Morgan fingerprint density at radius 2 is 0.360 bits per heavy atom. The molecule has 0 saturated heterocycles. The van der Waals surface area contributed by atoms with E-state index >= 15 is 0 Å². The molecule has 0 saturated carbocycles. The summed E-state index contributed by atoms with van der Waals surface area (Å²) in [4.78, 5) is 2.63. The van der Waals surface area contributed by atoms with Gasteiger partial charge in [0.05, 0.1) is 17.1 Å². The molecule has 100 heavy (non-hydrogen) atoms. The standard InChI is InChI=1S/C98H53NO/c1-3-22-81-79(20-1)99(80-21-2-4-23-82(80)100-81)98-96(77-52-42-67-32-27-57-13-8-18-62-37-47-72(77)91(67)86(57)62)94(75-50-40-65-30-25-55-11-6-16-60-35-45-70(75)89(65)84(55)60)93(74-49-39-64-29-24-54-10-5-15-59-34-44-69(74)88(64)83(54)59)95(76-51-41-66-31-26-56-12-7-17-61-36-46-71(76)90(66)85(56)61)97(98)78-53-43-68-33-28-58-14-9-19-63-38-48-73(78)92(68)87(58)63/h1-53H. The zero-order valence-electron chi connectivity index (χ0n) is 54.0. The van der Waals surface area contributed by atoms with Gasteiger partial charge in [0.15, 0.2) is 11.5 Å². The smallest absolute Gasteiger partial charge is 0.151 e. The molecule has 0 aromatic heterocycles. The van der Waals surface area contributed by atoms with Gasteiger partial charge in [0.1, 0.15) is 0 Å². The summed E-state index contributed by atoms with van der Waals surface area (Å²) in [6, 6.07) is 124. The Morgan fingerprint density at radius 1 is 0.160 bits per heavy atom. The summed E-state index contributed by atoms with van der Waals surface area (Å²) in [6.07, 6.45) is 0. The number of fused-ring (bicyclic) bond motifs is 2. The Morgan fingerprint density at radius 3 is 0.620 bits per heavy atom. The van der Waals surface area contributed by atoms with E-state index in [9.17, 15) is 0 Å². The van der Waals surface area contributed by atoms with Crippen molar-refractivity contribution >= 4 is 179 Å². The lowest BCUT2D eigenvalue weighted by Gasteiger charge is -2.39. The van der Waals surface area contributed by atoms with E-state index < -0.39 is 0 Å². The molecule has 0 fully saturated rings. The first-order valence-electron chi connectivity index (χ1n) is 34.9. The molecule has 0 N–H and O–H groups in total. The van der Waals surface area contributed by atoms with Crippen molar-refractivity contribution in [3.05, 3.63) is 322 Å². The molecule has 0 aliphatic carbocycles. The van der Waals surface area contributed by atoms with Crippen LogP contribution in [0.4, 0.5) is 17.1 Å². The maximum atomic E-state index is 7.25. The monoisotopic (exact) mass is 1260 g/mol. The molecule has 2 heteroatoms. The van der Waals surface area contributed by atoms with Crippen molar-refractivity contribution in [2.45, 2.75) is 0 Å². The number of benzene rings is 23. The Labute approximate surface area is 573 Å². The predicted molar refractivity (Wildman–Crippen MR) is 427 cm³/mol. The summed E-state index contributed by atoms with van der Waals surface area (Å²) in [7, 11) is 0. The molecule has 0 radical (unpaired) electrons. The van der Waals surface area contributed by atoms with E-state index in [1.54, 1.807) is 0 Å². The van der Waals surface area contributed by atoms with Crippen molar-refractivity contribution in [2.75, 3.05) is 4.90 Å². The van der Waals surface area contributed by atoms with Crippen LogP contribution in [0, 0.1) is 0 Å². The Hall–Kier alpha value is -13.1. The van der Waals surface area contributed by atoms with Gasteiger partial charge in [0, 0.05) is 22.3 Å². The SMILES string of the molecule is c1ccc2c(c1)Oc1ccccc1N2c1c(-c2ccc3ccc4cccc5ccc2c3c45)c(-c2ccc3ccc4cccc5ccc2c3c45)c(-c2ccc3ccc4cccc5ccc2c3c45)c(-c2ccc3ccc4cccc5ccc2c3c45)c1-c1ccc2ccc3cccc4ccc1c2c34. The lowest BCUT2D eigenvalue weighted by Crippen LogP contribution is -2.19. The number of hydrogen-bond donors (Lipinski definition) is 0. The van der Waals surface area contributed by atoms with Crippen LogP contribution >= 0.6 is 0 Å². The number of nitrogens with zero attached hydrogens (tertiary/aromatic N) is 1. The molecule has 1 heterocycles. The summed E-state index contributed by atoms with van der Waals surface area (Å²) in [5.74, 6) is 1.57. The molecule has 0 atom stereocenters. The molecule has 0 unspecified atom stereocenters. The second kappa shape index (κ2) is 19.3. The lowest BCUT2D eigenvalue weighted by molar-refractivity contribution is 0.477. The van der Waals surface area contributed by atoms with Crippen LogP contribution in [0.1, 0.15) is 0 Å². The van der Waals surface area contributed by atoms with Crippen LogP contribution < -0.4 is 9.64 Å². The normalized spacial score (nSPS) is 12.9. The zero-order valence-corrected chi connectivity index (χ0v) is 54.0. The molecular formula is C98H53NO. The van der Waals surface area contributed by atoms with Gasteiger partial charge in [-0.05, 0) is 219 Å². The third kappa shape index (κ3) is 6.91. The van der Waals surface area contributed by atoms with E-state index in [0.29, 0.717) is 0 Å². The van der Waals surface area contributed by atoms with E-state index in [4.69, 9.17) is 4.74 Å². The first kappa shape index (κ1) is 53.1. The first-order chi connectivity index (χ1) is 49.6. The zero-order chi connectivity index (χ0) is 64.7. The number of anilines is 3. The Bertz CT molecular complexity index is 7060. The minimum absolute atomic E-state index is 0.785. The second-order valence-electron chi connectivity index (χ2n) is 27.9. The molecule has 456 valence electrons. The van der Waals surface area contributed by atoms with Crippen LogP contribution in [-0.2, 0) is 0 Å². The highest BCUT2D eigenvalue weighted by Gasteiger charge is 2.39. The Kier molecular flexibility index (Phi) is 10.3. The minimum atomic E-state index is 0.785. The van der Waals surface area contributed by atoms with E-state index in [0.717, 1.165) is 73.1 Å². The van der Waals surface area contributed by atoms with Crippen LogP contribution in [-0.4, -0.2) is 0 Å². The molecule has 1 aliphatic heterocycles. The maximum absolute atomic E-state index is 7.25. The summed E-state index contributed by atoms with van der Waals surface area (Å²) in [5.41, 5.74) is 14.5. The summed E-state index contributed by atoms with van der Waals surface area (Å²) >= 11 is 0. The molecule has 0 amide bonds. The van der Waals surface area contributed by atoms with Crippen molar-refractivity contribution in [3.63, 3.8) is 0 Å². The largest absolute Gasteiger partial charge is 0.453 e. The highest BCUT2D eigenvalue weighted by Crippen LogP contribution is 2.65. The van der Waals surface area contributed by atoms with E-state index in [1.165, 1.54) is 173 Å².